The molecule has 2 unspecified atom stereocenters. The fourth-order valence-electron chi connectivity index (χ4n) is 2.09. The number of amides is 1. The third-order valence-electron chi connectivity index (χ3n) is 3.22. The zero-order valence-electron chi connectivity index (χ0n) is 10.6. The fourth-order valence-corrected chi connectivity index (χ4v) is 2.09. The lowest BCUT2D eigenvalue weighted by Gasteiger charge is -2.21. The number of hydrogen-bond donors (Lipinski definition) is 0. The maximum absolute atomic E-state index is 12.2. The smallest absolute Gasteiger partial charge is 0.255 e. The SMILES string of the molecule is CC1CCC(C(=O)N(C)c2ccc(C#N)cc2)O1. The molecule has 2 rings (SSSR count). The van der Waals surface area contributed by atoms with Crippen molar-refractivity contribution in [2.75, 3.05) is 11.9 Å². The Morgan fingerprint density at radius 3 is 2.56 bits per heavy atom. The van der Waals surface area contributed by atoms with Gasteiger partial charge in [0.1, 0.15) is 6.10 Å². The molecule has 2 atom stereocenters. The lowest BCUT2D eigenvalue weighted by Crippen LogP contribution is -2.36. The molecule has 1 aromatic rings. The van der Waals surface area contributed by atoms with Crippen LogP contribution >= 0.6 is 0 Å². The van der Waals surface area contributed by atoms with Crippen molar-refractivity contribution in [2.24, 2.45) is 0 Å². The zero-order valence-corrected chi connectivity index (χ0v) is 10.6. The topological polar surface area (TPSA) is 53.3 Å². The quantitative estimate of drug-likeness (QED) is 0.800. The Labute approximate surface area is 107 Å². The number of nitriles is 1. The maximum Gasteiger partial charge on any atom is 0.255 e. The third kappa shape index (κ3) is 2.52. The van der Waals surface area contributed by atoms with Gasteiger partial charge in [0.25, 0.3) is 5.91 Å². The van der Waals surface area contributed by atoms with E-state index >= 15 is 0 Å². The van der Waals surface area contributed by atoms with Crippen LogP contribution in [0.4, 0.5) is 5.69 Å². The first-order valence-electron chi connectivity index (χ1n) is 6.05. The summed E-state index contributed by atoms with van der Waals surface area (Å²) in [6.45, 7) is 1.98. The number of anilines is 1. The van der Waals surface area contributed by atoms with Gasteiger partial charge in [-0.2, -0.15) is 5.26 Å². The van der Waals surface area contributed by atoms with Crippen LogP contribution in [0.3, 0.4) is 0 Å². The second-order valence-corrected chi connectivity index (χ2v) is 4.57. The van der Waals surface area contributed by atoms with Crippen molar-refractivity contribution in [3.63, 3.8) is 0 Å². The molecule has 0 radical (unpaired) electrons. The van der Waals surface area contributed by atoms with Crippen molar-refractivity contribution in [3.8, 4) is 6.07 Å². The van der Waals surface area contributed by atoms with E-state index in [1.54, 1.807) is 36.2 Å². The van der Waals surface area contributed by atoms with Crippen molar-refractivity contribution in [2.45, 2.75) is 32.0 Å². The number of rotatable bonds is 2. The molecule has 4 nitrogen and oxygen atoms in total. The number of likely N-dealkylation sites (N-methyl/N-ethyl adjacent to an activating group) is 1. The first-order chi connectivity index (χ1) is 8.61. The Kier molecular flexibility index (Phi) is 3.63. The van der Waals surface area contributed by atoms with Gasteiger partial charge in [-0.3, -0.25) is 4.79 Å². The van der Waals surface area contributed by atoms with Gasteiger partial charge in [0, 0.05) is 12.7 Å². The number of nitrogens with zero attached hydrogens (tertiary/aromatic N) is 2. The molecule has 0 spiro atoms. The van der Waals surface area contributed by atoms with Crippen molar-refractivity contribution < 1.29 is 9.53 Å². The molecular weight excluding hydrogens is 228 g/mol. The Bertz CT molecular complexity index is 476. The predicted octanol–water partition coefficient (Wildman–Crippen LogP) is 2.09. The van der Waals surface area contributed by atoms with E-state index < -0.39 is 0 Å². The molecule has 0 saturated carbocycles. The number of hydrogen-bond acceptors (Lipinski definition) is 3. The fraction of sp³-hybridized carbons (Fsp3) is 0.429. The lowest BCUT2D eigenvalue weighted by molar-refractivity contribution is -0.128. The van der Waals surface area contributed by atoms with Crippen LogP contribution in [0.1, 0.15) is 25.3 Å². The van der Waals surface area contributed by atoms with Gasteiger partial charge in [0.05, 0.1) is 17.7 Å². The van der Waals surface area contributed by atoms with Crippen molar-refractivity contribution >= 4 is 11.6 Å². The van der Waals surface area contributed by atoms with E-state index in [9.17, 15) is 4.79 Å². The van der Waals surface area contributed by atoms with Gasteiger partial charge in [0.15, 0.2) is 0 Å². The normalized spacial score (nSPS) is 22.5. The van der Waals surface area contributed by atoms with Gasteiger partial charge in [-0.15, -0.1) is 0 Å². The van der Waals surface area contributed by atoms with Crippen LogP contribution in [0.25, 0.3) is 0 Å². The second kappa shape index (κ2) is 5.19. The van der Waals surface area contributed by atoms with Gasteiger partial charge in [0.2, 0.25) is 0 Å². The van der Waals surface area contributed by atoms with Crippen LogP contribution in [0.2, 0.25) is 0 Å². The van der Waals surface area contributed by atoms with Crippen molar-refractivity contribution in [3.05, 3.63) is 29.8 Å². The Morgan fingerprint density at radius 1 is 1.39 bits per heavy atom. The molecule has 0 bridgehead atoms. The Balaban J connectivity index is 2.08. The number of carbonyl (C=O) groups excluding carboxylic acids is 1. The molecule has 1 aromatic carbocycles. The highest BCUT2D eigenvalue weighted by atomic mass is 16.5. The van der Waals surface area contributed by atoms with Crippen LogP contribution in [-0.4, -0.2) is 25.2 Å². The predicted molar refractivity (Wildman–Crippen MR) is 68.1 cm³/mol. The largest absolute Gasteiger partial charge is 0.365 e. The molecule has 18 heavy (non-hydrogen) atoms. The van der Waals surface area contributed by atoms with Crippen LogP contribution in [0.5, 0.6) is 0 Å². The Hall–Kier alpha value is -1.86. The summed E-state index contributed by atoms with van der Waals surface area (Å²) < 4.78 is 5.57. The molecule has 1 heterocycles. The molecule has 1 fully saturated rings. The van der Waals surface area contributed by atoms with E-state index in [1.807, 2.05) is 6.92 Å². The molecule has 1 saturated heterocycles. The van der Waals surface area contributed by atoms with Crippen molar-refractivity contribution in [1.82, 2.24) is 0 Å². The summed E-state index contributed by atoms with van der Waals surface area (Å²) in [6, 6.07) is 9.01. The summed E-state index contributed by atoms with van der Waals surface area (Å²) >= 11 is 0. The van der Waals surface area contributed by atoms with Gasteiger partial charge in [-0.25, -0.2) is 0 Å². The average Bonchev–Trinajstić information content (AvgIpc) is 2.84. The zero-order chi connectivity index (χ0) is 13.1. The summed E-state index contributed by atoms with van der Waals surface area (Å²) in [5.41, 5.74) is 1.37. The summed E-state index contributed by atoms with van der Waals surface area (Å²) in [6.07, 6.45) is 1.53. The number of carbonyl (C=O) groups is 1. The van der Waals surface area contributed by atoms with E-state index in [0.717, 1.165) is 18.5 Å². The standard InChI is InChI=1S/C14H16N2O2/c1-10-3-8-13(18-10)14(17)16(2)12-6-4-11(9-15)5-7-12/h4-7,10,13H,3,8H2,1-2H3. The third-order valence-corrected chi connectivity index (χ3v) is 3.22. The first kappa shape index (κ1) is 12.6. The van der Waals surface area contributed by atoms with Crippen LogP contribution in [0, 0.1) is 11.3 Å². The summed E-state index contributed by atoms with van der Waals surface area (Å²) in [4.78, 5) is 13.8. The molecule has 1 amide bonds. The summed E-state index contributed by atoms with van der Waals surface area (Å²) in [5.74, 6) is -0.0240. The van der Waals surface area contributed by atoms with Gasteiger partial charge in [-0.1, -0.05) is 0 Å². The maximum atomic E-state index is 12.2. The van der Waals surface area contributed by atoms with Crippen LogP contribution < -0.4 is 4.90 Å². The van der Waals surface area contributed by atoms with E-state index in [0.29, 0.717) is 5.56 Å². The van der Waals surface area contributed by atoms with Gasteiger partial charge in [-0.05, 0) is 44.0 Å². The van der Waals surface area contributed by atoms with E-state index in [-0.39, 0.29) is 18.1 Å². The molecular formula is C14H16N2O2. The van der Waals surface area contributed by atoms with E-state index in [2.05, 4.69) is 6.07 Å². The molecule has 94 valence electrons. The Morgan fingerprint density at radius 2 is 2.06 bits per heavy atom. The highest BCUT2D eigenvalue weighted by Gasteiger charge is 2.30. The van der Waals surface area contributed by atoms with E-state index in [1.165, 1.54) is 0 Å². The van der Waals surface area contributed by atoms with Crippen LogP contribution in [0.15, 0.2) is 24.3 Å². The average molecular weight is 244 g/mol. The van der Waals surface area contributed by atoms with E-state index in [4.69, 9.17) is 10.00 Å². The van der Waals surface area contributed by atoms with Crippen molar-refractivity contribution in [1.29, 1.82) is 5.26 Å². The summed E-state index contributed by atoms with van der Waals surface area (Å²) in [5, 5.41) is 8.73. The molecule has 0 N–H and O–H groups in total. The lowest BCUT2D eigenvalue weighted by atomic mass is 10.1. The van der Waals surface area contributed by atoms with Gasteiger partial charge >= 0.3 is 0 Å². The van der Waals surface area contributed by atoms with Crippen LogP contribution in [-0.2, 0) is 9.53 Å². The highest BCUT2D eigenvalue weighted by Crippen LogP contribution is 2.23. The number of ether oxygens (including phenoxy) is 1. The molecule has 0 aromatic heterocycles. The second-order valence-electron chi connectivity index (χ2n) is 4.57. The monoisotopic (exact) mass is 244 g/mol. The van der Waals surface area contributed by atoms with Gasteiger partial charge < -0.3 is 9.64 Å². The molecule has 1 aliphatic heterocycles. The minimum absolute atomic E-state index is 0.0240. The molecule has 4 heteroatoms. The first-order valence-corrected chi connectivity index (χ1v) is 6.05. The molecule has 0 aliphatic carbocycles. The highest BCUT2D eigenvalue weighted by molar-refractivity contribution is 5.96. The minimum atomic E-state index is -0.333. The minimum Gasteiger partial charge on any atom is -0.365 e. The summed E-state index contributed by atoms with van der Waals surface area (Å²) in [7, 11) is 1.73. The molecule has 1 aliphatic rings. The number of benzene rings is 1.